The van der Waals surface area contributed by atoms with Crippen LogP contribution in [-0.2, 0) is 9.59 Å². The minimum Gasteiger partial charge on any atom is -0.347 e. The van der Waals surface area contributed by atoms with Gasteiger partial charge in [0.2, 0.25) is 11.8 Å². The highest BCUT2D eigenvalue weighted by atomic mass is 127. The maximum Gasteiger partial charge on any atom is 0.243 e. The third-order valence-corrected chi connectivity index (χ3v) is 2.61. The molecule has 4 nitrogen and oxygen atoms in total. The maximum absolute atomic E-state index is 11.4. The van der Waals surface area contributed by atoms with E-state index in [1.165, 1.54) is 0 Å². The van der Waals surface area contributed by atoms with Crippen molar-refractivity contribution in [2.45, 2.75) is 13.3 Å². The van der Waals surface area contributed by atoms with Crippen molar-refractivity contribution in [2.75, 3.05) is 11.9 Å². The van der Waals surface area contributed by atoms with E-state index in [0.717, 1.165) is 9.26 Å². The Hall–Kier alpha value is -1.11. The van der Waals surface area contributed by atoms with Crippen LogP contribution in [-0.4, -0.2) is 18.4 Å². The van der Waals surface area contributed by atoms with Crippen LogP contribution in [0.25, 0.3) is 0 Å². The summed E-state index contributed by atoms with van der Waals surface area (Å²) in [6.07, 6.45) is 0.386. The van der Waals surface area contributed by atoms with Crippen LogP contribution in [0.2, 0.25) is 0 Å². The van der Waals surface area contributed by atoms with Gasteiger partial charge in [0.05, 0.1) is 6.54 Å². The molecular formula is C11H13IN2O2. The summed E-state index contributed by atoms with van der Waals surface area (Å²) < 4.78 is 1.11. The van der Waals surface area contributed by atoms with Crippen molar-refractivity contribution in [3.63, 3.8) is 0 Å². The normalized spacial score (nSPS) is 9.62. The molecule has 0 aliphatic carbocycles. The zero-order chi connectivity index (χ0) is 12.0. The number of nitrogens with one attached hydrogen (secondary N) is 2. The number of hydrogen-bond acceptors (Lipinski definition) is 2. The molecule has 0 aromatic heterocycles. The number of benzene rings is 1. The highest BCUT2D eigenvalue weighted by Gasteiger charge is 2.03. The molecule has 5 heteroatoms. The van der Waals surface area contributed by atoms with Crippen molar-refractivity contribution in [3.8, 4) is 0 Å². The average molecular weight is 332 g/mol. The summed E-state index contributed by atoms with van der Waals surface area (Å²) in [6.45, 7) is 1.75. The molecule has 2 N–H and O–H groups in total. The van der Waals surface area contributed by atoms with Crippen LogP contribution in [0.5, 0.6) is 0 Å². The van der Waals surface area contributed by atoms with Crippen LogP contribution >= 0.6 is 22.6 Å². The Balaban J connectivity index is 2.40. The minimum atomic E-state index is -0.219. The van der Waals surface area contributed by atoms with Crippen molar-refractivity contribution in [2.24, 2.45) is 0 Å². The fourth-order valence-corrected chi connectivity index (χ4v) is 1.40. The zero-order valence-electron chi connectivity index (χ0n) is 8.92. The lowest BCUT2D eigenvalue weighted by molar-refractivity contribution is -0.123. The van der Waals surface area contributed by atoms with Crippen LogP contribution in [0.1, 0.15) is 13.3 Å². The zero-order valence-corrected chi connectivity index (χ0v) is 11.1. The Morgan fingerprint density at radius 1 is 1.19 bits per heavy atom. The van der Waals surface area contributed by atoms with E-state index in [-0.39, 0.29) is 18.4 Å². The number of rotatable bonds is 4. The molecule has 0 aliphatic heterocycles. The quantitative estimate of drug-likeness (QED) is 0.826. The molecule has 0 aliphatic rings. The predicted octanol–water partition coefficient (Wildman–Crippen LogP) is 1.76. The monoisotopic (exact) mass is 332 g/mol. The maximum atomic E-state index is 11.4. The first-order valence-corrected chi connectivity index (χ1v) is 6.02. The molecule has 86 valence electrons. The van der Waals surface area contributed by atoms with Crippen LogP contribution < -0.4 is 10.6 Å². The summed E-state index contributed by atoms with van der Waals surface area (Å²) in [7, 11) is 0. The number of halogens is 1. The van der Waals surface area contributed by atoms with E-state index in [9.17, 15) is 9.59 Å². The van der Waals surface area contributed by atoms with Crippen LogP contribution in [0.15, 0.2) is 24.3 Å². The Labute approximate surface area is 108 Å². The molecule has 0 bridgehead atoms. The fourth-order valence-electron chi connectivity index (χ4n) is 1.04. The first-order valence-electron chi connectivity index (χ1n) is 4.94. The first kappa shape index (κ1) is 13.0. The molecule has 0 saturated heterocycles. The van der Waals surface area contributed by atoms with E-state index < -0.39 is 0 Å². The van der Waals surface area contributed by atoms with Gasteiger partial charge in [-0.3, -0.25) is 9.59 Å². The lowest BCUT2D eigenvalue weighted by Gasteiger charge is -2.06. The van der Waals surface area contributed by atoms with E-state index in [1.807, 2.05) is 24.3 Å². The summed E-state index contributed by atoms with van der Waals surface area (Å²) >= 11 is 2.19. The van der Waals surface area contributed by atoms with Gasteiger partial charge in [-0.1, -0.05) is 6.92 Å². The lowest BCUT2D eigenvalue weighted by atomic mass is 10.3. The van der Waals surface area contributed by atoms with E-state index in [0.29, 0.717) is 6.42 Å². The van der Waals surface area contributed by atoms with Gasteiger partial charge >= 0.3 is 0 Å². The largest absolute Gasteiger partial charge is 0.347 e. The molecule has 0 saturated carbocycles. The molecule has 0 unspecified atom stereocenters. The van der Waals surface area contributed by atoms with Gasteiger partial charge in [-0.05, 0) is 46.9 Å². The van der Waals surface area contributed by atoms with Crippen molar-refractivity contribution in [3.05, 3.63) is 27.8 Å². The fraction of sp³-hybridized carbons (Fsp3) is 0.273. The number of carbonyl (C=O) groups is 2. The third kappa shape index (κ3) is 4.61. The SMILES string of the molecule is CCC(=O)NCC(=O)Nc1ccc(I)cc1. The van der Waals surface area contributed by atoms with E-state index in [2.05, 4.69) is 33.2 Å². The van der Waals surface area contributed by atoms with Crippen LogP contribution in [0, 0.1) is 3.57 Å². The molecule has 0 spiro atoms. The Morgan fingerprint density at radius 2 is 1.81 bits per heavy atom. The summed E-state index contributed by atoms with van der Waals surface area (Å²) in [4.78, 5) is 22.3. The average Bonchev–Trinajstić information content (AvgIpc) is 2.29. The highest BCUT2D eigenvalue weighted by Crippen LogP contribution is 2.10. The molecule has 0 atom stereocenters. The second-order valence-corrected chi connectivity index (χ2v) is 4.43. The molecule has 2 amide bonds. The number of amides is 2. The van der Waals surface area contributed by atoms with E-state index >= 15 is 0 Å². The van der Waals surface area contributed by atoms with Gasteiger partial charge in [-0.25, -0.2) is 0 Å². The predicted molar refractivity (Wildman–Crippen MR) is 71.1 cm³/mol. The Kier molecular flexibility index (Phi) is 5.24. The summed E-state index contributed by atoms with van der Waals surface area (Å²) in [5.74, 6) is -0.347. The van der Waals surface area contributed by atoms with Gasteiger partial charge in [-0.2, -0.15) is 0 Å². The molecular weight excluding hydrogens is 319 g/mol. The van der Waals surface area contributed by atoms with Crippen molar-refractivity contribution in [1.29, 1.82) is 0 Å². The molecule has 16 heavy (non-hydrogen) atoms. The molecule has 1 rings (SSSR count). The van der Waals surface area contributed by atoms with Crippen molar-refractivity contribution >= 4 is 40.1 Å². The van der Waals surface area contributed by atoms with Gasteiger partial charge in [0.25, 0.3) is 0 Å². The van der Waals surface area contributed by atoms with Crippen LogP contribution in [0.3, 0.4) is 0 Å². The van der Waals surface area contributed by atoms with Gasteiger partial charge in [-0.15, -0.1) is 0 Å². The number of hydrogen-bond donors (Lipinski definition) is 2. The van der Waals surface area contributed by atoms with Gasteiger partial charge < -0.3 is 10.6 Å². The van der Waals surface area contributed by atoms with E-state index in [4.69, 9.17) is 0 Å². The molecule has 0 fully saturated rings. The number of anilines is 1. The molecule has 1 aromatic rings. The van der Waals surface area contributed by atoms with E-state index in [1.54, 1.807) is 6.92 Å². The Morgan fingerprint density at radius 3 is 2.38 bits per heavy atom. The van der Waals surface area contributed by atoms with Crippen molar-refractivity contribution < 1.29 is 9.59 Å². The van der Waals surface area contributed by atoms with Crippen LogP contribution in [0.4, 0.5) is 5.69 Å². The lowest BCUT2D eigenvalue weighted by Crippen LogP contribution is -2.32. The topological polar surface area (TPSA) is 58.2 Å². The highest BCUT2D eigenvalue weighted by molar-refractivity contribution is 14.1. The summed E-state index contributed by atoms with van der Waals surface area (Å²) in [5, 5.41) is 5.20. The standard InChI is InChI=1S/C11H13IN2O2/c1-2-10(15)13-7-11(16)14-9-5-3-8(12)4-6-9/h3-6H,2,7H2,1H3,(H,13,15)(H,14,16). The smallest absolute Gasteiger partial charge is 0.243 e. The third-order valence-electron chi connectivity index (χ3n) is 1.90. The number of carbonyl (C=O) groups excluding carboxylic acids is 2. The van der Waals surface area contributed by atoms with Gasteiger partial charge in [0.1, 0.15) is 0 Å². The molecule has 0 radical (unpaired) electrons. The van der Waals surface area contributed by atoms with Crippen molar-refractivity contribution in [1.82, 2.24) is 5.32 Å². The summed E-state index contributed by atoms with van der Waals surface area (Å²) in [6, 6.07) is 7.45. The molecule has 0 heterocycles. The summed E-state index contributed by atoms with van der Waals surface area (Å²) in [5.41, 5.74) is 0.733. The van der Waals surface area contributed by atoms with Gasteiger partial charge in [0.15, 0.2) is 0 Å². The van der Waals surface area contributed by atoms with Gasteiger partial charge in [0, 0.05) is 15.7 Å². The second kappa shape index (κ2) is 6.47. The molecule has 1 aromatic carbocycles. The second-order valence-electron chi connectivity index (χ2n) is 3.19. The Bertz CT molecular complexity index is 376. The minimum absolute atomic E-state index is 0.0126. The first-order chi connectivity index (χ1) is 7.61.